The minimum absolute atomic E-state index is 0.0310. The molecule has 0 unspecified atom stereocenters. The van der Waals surface area contributed by atoms with Gasteiger partial charge in [0.25, 0.3) is 10.0 Å². The largest absolute Gasteiger partial charge is 0.497 e. The van der Waals surface area contributed by atoms with Gasteiger partial charge in [-0.2, -0.15) is 0 Å². The highest BCUT2D eigenvalue weighted by atomic mass is 79.9. The van der Waals surface area contributed by atoms with E-state index >= 15 is 0 Å². The average molecular weight is 675 g/mol. The SMILES string of the molecule is CCCCNC(=O)[C@@H](CC)N(Cc1ccc(OC)cc1)C(=O)CN(c1ccc(OCC)cc1)S(=O)(=O)c1ccc(Br)cc1. The second-order valence-corrected chi connectivity index (χ2v) is 12.6. The molecule has 9 nitrogen and oxygen atoms in total. The Morgan fingerprint density at radius 1 is 0.907 bits per heavy atom. The molecule has 11 heteroatoms. The van der Waals surface area contributed by atoms with Crippen molar-refractivity contribution in [1.29, 1.82) is 0 Å². The van der Waals surface area contributed by atoms with Gasteiger partial charge in [-0.25, -0.2) is 8.42 Å². The van der Waals surface area contributed by atoms with Crippen molar-refractivity contribution in [3.63, 3.8) is 0 Å². The Labute approximate surface area is 263 Å². The van der Waals surface area contributed by atoms with E-state index in [-0.39, 0.29) is 17.3 Å². The Morgan fingerprint density at radius 2 is 1.53 bits per heavy atom. The molecular weight excluding hydrogens is 634 g/mol. The molecule has 0 bridgehead atoms. The fourth-order valence-corrected chi connectivity index (χ4v) is 6.17. The summed E-state index contributed by atoms with van der Waals surface area (Å²) in [5.41, 5.74) is 1.07. The first-order chi connectivity index (χ1) is 20.6. The van der Waals surface area contributed by atoms with Gasteiger partial charge in [0.1, 0.15) is 24.1 Å². The van der Waals surface area contributed by atoms with Crippen LogP contribution in [0.5, 0.6) is 11.5 Å². The molecule has 0 spiro atoms. The minimum Gasteiger partial charge on any atom is -0.497 e. The molecule has 232 valence electrons. The van der Waals surface area contributed by atoms with Crippen LogP contribution in [0.25, 0.3) is 0 Å². The summed E-state index contributed by atoms with van der Waals surface area (Å²) < 4.78 is 40.6. The highest BCUT2D eigenvalue weighted by molar-refractivity contribution is 9.10. The van der Waals surface area contributed by atoms with E-state index in [0.717, 1.165) is 27.2 Å². The van der Waals surface area contributed by atoms with Crippen molar-refractivity contribution >= 4 is 43.5 Å². The van der Waals surface area contributed by atoms with E-state index in [4.69, 9.17) is 9.47 Å². The molecule has 0 aliphatic rings. The number of anilines is 1. The zero-order valence-electron chi connectivity index (χ0n) is 25.1. The van der Waals surface area contributed by atoms with Gasteiger partial charge in [-0.1, -0.05) is 48.3 Å². The Hall–Kier alpha value is -3.57. The number of methoxy groups -OCH3 is 1. The lowest BCUT2D eigenvalue weighted by Crippen LogP contribution is -2.52. The summed E-state index contributed by atoms with van der Waals surface area (Å²) in [6, 6.07) is 19.2. The maximum absolute atomic E-state index is 14.2. The monoisotopic (exact) mass is 673 g/mol. The van der Waals surface area contributed by atoms with Gasteiger partial charge in [0.05, 0.1) is 24.3 Å². The van der Waals surface area contributed by atoms with Crippen molar-refractivity contribution < 1.29 is 27.5 Å². The van der Waals surface area contributed by atoms with Gasteiger partial charge in [-0.3, -0.25) is 13.9 Å². The van der Waals surface area contributed by atoms with Crippen molar-refractivity contribution in [2.45, 2.75) is 57.5 Å². The maximum Gasteiger partial charge on any atom is 0.264 e. The van der Waals surface area contributed by atoms with Gasteiger partial charge in [0, 0.05) is 17.6 Å². The summed E-state index contributed by atoms with van der Waals surface area (Å²) in [7, 11) is -2.60. The minimum atomic E-state index is -4.17. The number of ether oxygens (including phenoxy) is 2. The zero-order valence-corrected chi connectivity index (χ0v) is 27.5. The van der Waals surface area contributed by atoms with Crippen molar-refractivity contribution in [2.75, 3.05) is 31.1 Å². The Morgan fingerprint density at radius 3 is 2.09 bits per heavy atom. The van der Waals surface area contributed by atoms with Crippen LogP contribution in [0.15, 0.2) is 82.2 Å². The van der Waals surface area contributed by atoms with Gasteiger partial charge in [0.15, 0.2) is 0 Å². The van der Waals surface area contributed by atoms with E-state index in [0.29, 0.717) is 36.8 Å². The van der Waals surface area contributed by atoms with E-state index in [1.54, 1.807) is 55.6 Å². The van der Waals surface area contributed by atoms with Crippen LogP contribution >= 0.6 is 15.9 Å². The van der Waals surface area contributed by atoms with Crippen LogP contribution in [-0.2, 0) is 26.2 Å². The number of hydrogen-bond donors (Lipinski definition) is 1. The van der Waals surface area contributed by atoms with Crippen LogP contribution < -0.4 is 19.1 Å². The van der Waals surface area contributed by atoms with Crippen molar-refractivity contribution in [1.82, 2.24) is 10.2 Å². The number of halogens is 1. The number of hydrogen-bond acceptors (Lipinski definition) is 6. The highest BCUT2D eigenvalue weighted by Crippen LogP contribution is 2.28. The third-order valence-electron chi connectivity index (χ3n) is 6.84. The number of nitrogens with zero attached hydrogens (tertiary/aromatic N) is 2. The Bertz CT molecular complexity index is 1430. The molecule has 0 saturated carbocycles. The van der Waals surface area contributed by atoms with Crippen LogP contribution in [0.2, 0.25) is 0 Å². The van der Waals surface area contributed by atoms with Crippen molar-refractivity contribution in [3.05, 3.63) is 82.8 Å². The molecule has 0 fully saturated rings. The van der Waals surface area contributed by atoms with Crippen molar-refractivity contribution in [3.8, 4) is 11.5 Å². The van der Waals surface area contributed by atoms with Crippen LogP contribution in [0.1, 0.15) is 45.6 Å². The van der Waals surface area contributed by atoms with Crippen LogP contribution in [-0.4, -0.2) is 58.0 Å². The lowest BCUT2D eigenvalue weighted by atomic mass is 10.1. The van der Waals surface area contributed by atoms with E-state index in [9.17, 15) is 18.0 Å². The summed E-state index contributed by atoms with van der Waals surface area (Å²) in [6.07, 6.45) is 2.07. The predicted octanol–water partition coefficient (Wildman–Crippen LogP) is 5.78. The van der Waals surface area contributed by atoms with Gasteiger partial charge in [-0.05, 0) is 86.0 Å². The number of unbranched alkanes of at least 4 members (excludes halogenated alkanes) is 1. The first kappa shape index (κ1) is 33.9. The fraction of sp³-hybridized carbons (Fsp3) is 0.375. The first-order valence-electron chi connectivity index (χ1n) is 14.4. The maximum atomic E-state index is 14.2. The van der Waals surface area contributed by atoms with Crippen LogP contribution in [0.3, 0.4) is 0 Å². The summed E-state index contributed by atoms with van der Waals surface area (Å²) in [5, 5.41) is 2.94. The van der Waals surface area contributed by atoms with Gasteiger partial charge in [-0.15, -0.1) is 0 Å². The van der Waals surface area contributed by atoms with Gasteiger partial charge < -0.3 is 19.7 Å². The second-order valence-electron chi connectivity index (χ2n) is 9.83. The summed E-state index contributed by atoms with van der Waals surface area (Å²) in [6.45, 7) is 6.27. The summed E-state index contributed by atoms with van der Waals surface area (Å²) >= 11 is 3.35. The number of rotatable bonds is 16. The molecule has 3 rings (SSSR count). The van der Waals surface area contributed by atoms with E-state index in [2.05, 4.69) is 21.2 Å². The number of benzene rings is 3. The molecule has 0 heterocycles. The number of carbonyl (C=O) groups is 2. The summed E-state index contributed by atoms with van der Waals surface area (Å²) in [5.74, 6) is 0.451. The Kier molecular flexibility index (Phi) is 12.9. The molecule has 0 aromatic heterocycles. The van der Waals surface area contributed by atoms with Crippen LogP contribution in [0, 0.1) is 0 Å². The number of nitrogens with one attached hydrogen (secondary N) is 1. The number of sulfonamides is 1. The smallest absolute Gasteiger partial charge is 0.264 e. The first-order valence-corrected chi connectivity index (χ1v) is 16.6. The number of amides is 2. The third-order valence-corrected chi connectivity index (χ3v) is 9.16. The zero-order chi connectivity index (χ0) is 31.4. The molecule has 2 amide bonds. The van der Waals surface area contributed by atoms with Gasteiger partial charge >= 0.3 is 0 Å². The molecular formula is C32H40BrN3O6S. The lowest BCUT2D eigenvalue weighted by Gasteiger charge is -2.33. The van der Waals surface area contributed by atoms with E-state index in [1.807, 2.05) is 32.9 Å². The lowest BCUT2D eigenvalue weighted by molar-refractivity contribution is -0.140. The molecule has 1 N–H and O–H groups in total. The average Bonchev–Trinajstić information content (AvgIpc) is 3.01. The van der Waals surface area contributed by atoms with Crippen LogP contribution in [0.4, 0.5) is 5.69 Å². The summed E-state index contributed by atoms with van der Waals surface area (Å²) in [4.78, 5) is 29.0. The highest BCUT2D eigenvalue weighted by Gasteiger charge is 2.33. The molecule has 1 atom stereocenters. The van der Waals surface area contributed by atoms with Crippen molar-refractivity contribution in [2.24, 2.45) is 0 Å². The predicted molar refractivity (Wildman–Crippen MR) is 172 cm³/mol. The molecule has 0 radical (unpaired) electrons. The van der Waals surface area contributed by atoms with E-state index in [1.165, 1.54) is 17.0 Å². The number of carbonyl (C=O) groups excluding carboxylic acids is 2. The molecule has 3 aromatic rings. The van der Waals surface area contributed by atoms with E-state index < -0.39 is 28.5 Å². The standard InChI is InChI=1S/C32H40BrN3O6S/c1-5-8-21-34-32(38)30(6-2)35(22-24-9-15-27(41-4)16-10-24)31(37)23-36(26-13-17-28(18-14-26)42-7-3)43(39,40)29-19-11-25(33)12-20-29/h9-20,30H,5-8,21-23H2,1-4H3,(H,34,38)/t30-/m1/s1. The normalized spacial score (nSPS) is 11.8. The second kappa shape index (κ2) is 16.3. The Balaban J connectivity index is 2.03. The fourth-order valence-electron chi connectivity index (χ4n) is 4.49. The molecule has 0 aliphatic heterocycles. The molecule has 0 saturated heterocycles. The molecule has 43 heavy (non-hydrogen) atoms. The van der Waals surface area contributed by atoms with Gasteiger partial charge in [0.2, 0.25) is 11.8 Å². The quantitative estimate of drug-likeness (QED) is 0.194. The molecule has 3 aromatic carbocycles. The topological polar surface area (TPSA) is 105 Å². The third kappa shape index (κ3) is 9.21. The molecule has 0 aliphatic carbocycles.